The fourth-order valence-corrected chi connectivity index (χ4v) is 4.78. The van der Waals surface area contributed by atoms with Gasteiger partial charge in [0, 0.05) is 43.0 Å². The number of hydrogen-bond donors (Lipinski definition) is 2. The fraction of sp³-hybridized carbons (Fsp3) is 0.583. The lowest BCUT2D eigenvalue weighted by atomic mass is 10.0. The first-order valence-electron chi connectivity index (χ1n) is 11.5. The first-order valence-corrected chi connectivity index (χ1v) is 11.5. The maximum atomic E-state index is 15.4. The number of ether oxygens (including phenoxy) is 1. The minimum absolute atomic E-state index is 0.0474. The molecule has 0 spiro atoms. The highest BCUT2D eigenvalue weighted by Crippen LogP contribution is 2.42. The molecule has 0 unspecified atom stereocenters. The number of carbonyl (C=O) groups excluding carboxylic acids is 1. The average Bonchev–Trinajstić information content (AvgIpc) is 3.47. The van der Waals surface area contributed by atoms with E-state index in [1.54, 1.807) is 4.57 Å². The van der Waals surface area contributed by atoms with E-state index in [4.69, 9.17) is 15.6 Å². The van der Waals surface area contributed by atoms with Gasteiger partial charge in [0.05, 0.1) is 17.8 Å². The summed E-state index contributed by atoms with van der Waals surface area (Å²) in [6.07, 6.45) is 3.39. The van der Waals surface area contributed by atoms with Gasteiger partial charge in [-0.05, 0) is 57.1 Å². The lowest BCUT2D eigenvalue weighted by molar-refractivity contribution is -0.121. The smallest absolute Gasteiger partial charge is 0.255 e. The van der Waals surface area contributed by atoms with Crippen LogP contribution in [-0.4, -0.2) is 47.8 Å². The van der Waals surface area contributed by atoms with Gasteiger partial charge >= 0.3 is 0 Å². The number of hydrogen-bond acceptors (Lipinski definition) is 6. The maximum absolute atomic E-state index is 15.4. The molecule has 7 nitrogen and oxygen atoms in total. The Bertz CT molecular complexity index is 1080. The van der Waals surface area contributed by atoms with Crippen molar-refractivity contribution in [3.63, 3.8) is 0 Å². The third-order valence-electron chi connectivity index (χ3n) is 6.69. The summed E-state index contributed by atoms with van der Waals surface area (Å²) < 4.78 is 23.1. The van der Waals surface area contributed by atoms with Crippen LogP contribution in [-0.2, 0) is 4.79 Å². The van der Waals surface area contributed by atoms with Crippen molar-refractivity contribution < 1.29 is 19.0 Å². The maximum Gasteiger partial charge on any atom is 0.255 e. The van der Waals surface area contributed by atoms with Crippen LogP contribution in [0.1, 0.15) is 50.6 Å². The van der Waals surface area contributed by atoms with Gasteiger partial charge in [-0.25, -0.2) is 4.39 Å². The molecule has 4 rings (SSSR count). The predicted octanol–water partition coefficient (Wildman–Crippen LogP) is 2.68. The number of nitrogens with two attached hydrogens (primary N) is 1. The highest BCUT2D eigenvalue weighted by molar-refractivity contribution is 5.92. The Morgan fingerprint density at radius 3 is 2.72 bits per heavy atom. The first kappa shape index (κ1) is 22.7. The number of Topliss-reactive ketones (excluding diaryl/α,β-unsaturated/α-hetero) is 1. The molecule has 1 aliphatic heterocycles. The summed E-state index contributed by atoms with van der Waals surface area (Å²) in [6, 6.07) is 3.08. The fourth-order valence-electron chi connectivity index (χ4n) is 4.78. The Morgan fingerprint density at radius 2 is 2.09 bits per heavy atom. The largest absolute Gasteiger partial charge is 0.493 e. The van der Waals surface area contributed by atoms with Gasteiger partial charge in [-0.1, -0.05) is 0 Å². The van der Waals surface area contributed by atoms with Gasteiger partial charge in [-0.3, -0.25) is 9.59 Å². The van der Waals surface area contributed by atoms with Gasteiger partial charge in [0.25, 0.3) is 5.56 Å². The highest BCUT2D eigenvalue weighted by atomic mass is 19.1. The van der Waals surface area contributed by atoms with E-state index in [9.17, 15) is 9.59 Å². The molecule has 1 aromatic carbocycles. The summed E-state index contributed by atoms with van der Waals surface area (Å²) >= 11 is 0. The van der Waals surface area contributed by atoms with Crippen LogP contribution in [0.4, 0.5) is 10.1 Å². The lowest BCUT2D eigenvalue weighted by Crippen LogP contribution is -2.30. The van der Waals surface area contributed by atoms with Crippen LogP contribution in [0, 0.1) is 18.7 Å². The predicted molar refractivity (Wildman–Crippen MR) is 122 cm³/mol. The van der Waals surface area contributed by atoms with E-state index >= 15 is 4.39 Å². The van der Waals surface area contributed by atoms with E-state index in [1.165, 1.54) is 12.1 Å². The molecule has 8 heteroatoms. The van der Waals surface area contributed by atoms with Gasteiger partial charge in [0.1, 0.15) is 18.2 Å². The molecule has 1 aliphatic carbocycles. The second-order valence-corrected chi connectivity index (χ2v) is 9.18. The number of nitrogens with zero attached hydrogens (tertiary/aromatic N) is 2. The Balaban J connectivity index is 1.74. The van der Waals surface area contributed by atoms with Gasteiger partial charge in [0.15, 0.2) is 5.78 Å². The number of ketones is 1. The SMILES string of the molecule is Cc1c(N2CC[C@@H]([C@H](C)N)C2)c(F)cc2c(OCCCC(=O)CO)cc(=O)n(C3CC3)c12. The Morgan fingerprint density at radius 1 is 1.34 bits per heavy atom. The van der Waals surface area contributed by atoms with E-state index in [2.05, 4.69) is 0 Å². The molecule has 1 saturated heterocycles. The molecule has 0 radical (unpaired) electrons. The van der Waals surface area contributed by atoms with Crippen LogP contribution in [0.3, 0.4) is 0 Å². The zero-order chi connectivity index (χ0) is 23.0. The summed E-state index contributed by atoms with van der Waals surface area (Å²) in [5.41, 5.74) is 7.94. The molecule has 3 N–H and O–H groups in total. The lowest BCUT2D eigenvalue weighted by Gasteiger charge is -2.25. The molecule has 0 bridgehead atoms. The van der Waals surface area contributed by atoms with Crippen molar-refractivity contribution in [2.24, 2.45) is 11.7 Å². The van der Waals surface area contributed by atoms with Crippen LogP contribution in [0.5, 0.6) is 5.75 Å². The van der Waals surface area contributed by atoms with Gasteiger partial charge in [-0.15, -0.1) is 0 Å². The van der Waals surface area contributed by atoms with Crippen molar-refractivity contribution in [1.82, 2.24) is 4.57 Å². The van der Waals surface area contributed by atoms with Crippen molar-refractivity contribution in [3.8, 4) is 5.75 Å². The topological polar surface area (TPSA) is 97.8 Å². The Labute approximate surface area is 187 Å². The molecule has 0 amide bonds. The summed E-state index contributed by atoms with van der Waals surface area (Å²) in [5, 5.41) is 9.43. The molecular weight excluding hydrogens is 413 g/mol. The van der Waals surface area contributed by atoms with Crippen LogP contribution in [0.25, 0.3) is 10.9 Å². The molecule has 1 aromatic heterocycles. The van der Waals surface area contributed by atoms with Crippen molar-refractivity contribution in [1.29, 1.82) is 0 Å². The first-order chi connectivity index (χ1) is 15.3. The average molecular weight is 446 g/mol. The van der Waals surface area contributed by atoms with Gasteiger partial charge in [0.2, 0.25) is 0 Å². The number of rotatable bonds is 9. The molecule has 2 fully saturated rings. The molecule has 174 valence electrons. The summed E-state index contributed by atoms with van der Waals surface area (Å²) in [6.45, 7) is 5.01. The van der Waals surface area contributed by atoms with Crippen LogP contribution < -0.4 is 20.9 Å². The third-order valence-corrected chi connectivity index (χ3v) is 6.69. The second-order valence-electron chi connectivity index (χ2n) is 9.18. The summed E-state index contributed by atoms with van der Waals surface area (Å²) in [5.74, 6) is 0.0553. The summed E-state index contributed by atoms with van der Waals surface area (Å²) in [4.78, 5) is 26.4. The Hall–Kier alpha value is -2.45. The van der Waals surface area contributed by atoms with Crippen molar-refractivity contribution >= 4 is 22.4 Å². The molecule has 2 heterocycles. The number of pyridine rings is 1. The third kappa shape index (κ3) is 4.38. The number of carbonyl (C=O) groups is 1. The number of anilines is 1. The van der Waals surface area contributed by atoms with Gasteiger partial charge in [-0.2, -0.15) is 0 Å². The van der Waals surface area contributed by atoms with Crippen molar-refractivity contribution in [2.45, 2.75) is 58.0 Å². The van der Waals surface area contributed by atoms with E-state index < -0.39 is 6.61 Å². The zero-order valence-electron chi connectivity index (χ0n) is 18.8. The molecule has 32 heavy (non-hydrogen) atoms. The molecular formula is C24H32FN3O4. The van der Waals surface area contributed by atoms with Crippen molar-refractivity contribution in [2.75, 3.05) is 31.2 Å². The normalized spacial score (nSPS) is 19.5. The zero-order valence-corrected chi connectivity index (χ0v) is 18.8. The monoisotopic (exact) mass is 445 g/mol. The number of aliphatic hydroxyl groups is 1. The molecule has 1 saturated carbocycles. The number of aliphatic hydroxyl groups excluding tert-OH is 1. The van der Waals surface area contributed by atoms with E-state index in [-0.39, 0.29) is 42.3 Å². The number of halogens is 1. The highest BCUT2D eigenvalue weighted by Gasteiger charge is 2.32. The van der Waals surface area contributed by atoms with Crippen LogP contribution in [0.15, 0.2) is 16.9 Å². The number of benzene rings is 1. The van der Waals surface area contributed by atoms with Gasteiger partial charge < -0.3 is 25.0 Å². The van der Waals surface area contributed by atoms with Crippen molar-refractivity contribution in [3.05, 3.63) is 33.9 Å². The second kappa shape index (κ2) is 9.19. The molecule has 2 aliphatic rings. The number of fused-ring (bicyclic) bond motifs is 1. The minimum Gasteiger partial charge on any atom is -0.493 e. The number of aromatic nitrogens is 1. The summed E-state index contributed by atoms with van der Waals surface area (Å²) in [7, 11) is 0. The van der Waals surface area contributed by atoms with E-state index in [1.807, 2.05) is 18.7 Å². The number of aryl methyl sites for hydroxylation is 1. The Kier molecular flexibility index (Phi) is 6.53. The quantitative estimate of drug-likeness (QED) is 0.576. The van der Waals surface area contributed by atoms with E-state index in [0.29, 0.717) is 35.7 Å². The van der Waals surface area contributed by atoms with Crippen LogP contribution >= 0.6 is 0 Å². The van der Waals surface area contributed by atoms with E-state index in [0.717, 1.165) is 36.9 Å². The standard InChI is InChI=1S/C24H32FN3O4/c1-14-23-19(10-20(25)24(14)27-8-7-16(12-27)15(2)26)21(32-9-3-4-18(30)13-29)11-22(31)28(23)17-5-6-17/h10-11,15-17,29H,3-9,12-13,26H2,1-2H3/t15-,16+/m0/s1. The minimum atomic E-state index is -0.492. The molecule has 2 atom stereocenters. The molecule has 2 aromatic rings. The van der Waals surface area contributed by atoms with Crippen LogP contribution in [0.2, 0.25) is 0 Å².